The standard InChI is InChI=1S/C20H15FN4O3/c21-16-3-1-13(2-4-16)12-25-18-17(9-15(10-23-18)19(26)27)24(20(25)28)11-14-5-7-22-8-6-14/h1-10H,11-12H2,(H,26,27). The molecule has 3 aromatic heterocycles. The van der Waals surface area contributed by atoms with Gasteiger partial charge in [0, 0.05) is 18.6 Å². The van der Waals surface area contributed by atoms with Crippen LogP contribution in [0.2, 0.25) is 0 Å². The number of imidazole rings is 1. The lowest BCUT2D eigenvalue weighted by atomic mass is 10.2. The van der Waals surface area contributed by atoms with Gasteiger partial charge in [-0.15, -0.1) is 0 Å². The molecule has 1 N–H and O–H groups in total. The van der Waals surface area contributed by atoms with Crippen molar-refractivity contribution in [2.24, 2.45) is 0 Å². The summed E-state index contributed by atoms with van der Waals surface area (Å²) < 4.78 is 16.1. The van der Waals surface area contributed by atoms with Crippen LogP contribution >= 0.6 is 0 Å². The second kappa shape index (κ2) is 7.07. The molecule has 28 heavy (non-hydrogen) atoms. The summed E-state index contributed by atoms with van der Waals surface area (Å²) in [6.45, 7) is 0.442. The Bertz CT molecular complexity index is 1210. The third kappa shape index (κ3) is 3.27. The van der Waals surface area contributed by atoms with Crippen molar-refractivity contribution < 1.29 is 14.3 Å². The van der Waals surface area contributed by atoms with Gasteiger partial charge in [-0.3, -0.25) is 14.1 Å². The van der Waals surface area contributed by atoms with Gasteiger partial charge in [0.15, 0.2) is 5.65 Å². The Hall–Kier alpha value is -3.81. The molecule has 0 saturated carbocycles. The Morgan fingerprint density at radius 2 is 1.64 bits per heavy atom. The molecule has 7 nitrogen and oxygen atoms in total. The second-order valence-corrected chi connectivity index (χ2v) is 6.31. The van der Waals surface area contributed by atoms with Crippen molar-refractivity contribution in [3.8, 4) is 0 Å². The van der Waals surface area contributed by atoms with Crippen molar-refractivity contribution in [1.29, 1.82) is 0 Å². The first-order chi connectivity index (χ1) is 13.5. The van der Waals surface area contributed by atoms with Gasteiger partial charge in [0.2, 0.25) is 0 Å². The predicted octanol–water partition coefficient (Wildman–Crippen LogP) is 2.53. The predicted molar refractivity (Wildman–Crippen MR) is 99.8 cm³/mol. The summed E-state index contributed by atoms with van der Waals surface area (Å²) in [4.78, 5) is 32.6. The summed E-state index contributed by atoms with van der Waals surface area (Å²) >= 11 is 0. The monoisotopic (exact) mass is 378 g/mol. The van der Waals surface area contributed by atoms with E-state index in [0.29, 0.717) is 11.2 Å². The SMILES string of the molecule is O=C(O)c1cnc2c(c1)n(Cc1ccncc1)c(=O)n2Cc1ccc(F)cc1. The topological polar surface area (TPSA) is 90.0 Å². The summed E-state index contributed by atoms with van der Waals surface area (Å²) in [7, 11) is 0. The number of benzene rings is 1. The highest BCUT2D eigenvalue weighted by Gasteiger charge is 2.17. The van der Waals surface area contributed by atoms with Crippen LogP contribution in [0.15, 0.2) is 65.8 Å². The van der Waals surface area contributed by atoms with Crippen LogP contribution in [0, 0.1) is 5.82 Å². The molecule has 0 aliphatic heterocycles. The second-order valence-electron chi connectivity index (χ2n) is 6.31. The number of aromatic nitrogens is 4. The van der Waals surface area contributed by atoms with E-state index >= 15 is 0 Å². The summed E-state index contributed by atoms with van der Waals surface area (Å²) in [5, 5.41) is 9.28. The zero-order chi connectivity index (χ0) is 19.7. The van der Waals surface area contributed by atoms with Crippen molar-refractivity contribution in [1.82, 2.24) is 19.1 Å². The fourth-order valence-corrected chi connectivity index (χ4v) is 3.05. The van der Waals surface area contributed by atoms with Crippen molar-refractivity contribution in [3.05, 3.63) is 94.0 Å². The van der Waals surface area contributed by atoms with E-state index in [2.05, 4.69) is 9.97 Å². The summed E-state index contributed by atoms with van der Waals surface area (Å²) in [5.41, 5.74) is 2.03. The molecule has 4 rings (SSSR count). The molecule has 0 amide bonds. The van der Waals surface area contributed by atoms with Crippen molar-refractivity contribution >= 4 is 17.1 Å². The molecule has 3 heterocycles. The molecule has 0 fully saturated rings. The quantitative estimate of drug-likeness (QED) is 0.576. The van der Waals surface area contributed by atoms with Crippen molar-refractivity contribution in [2.75, 3.05) is 0 Å². The minimum Gasteiger partial charge on any atom is -0.478 e. The van der Waals surface area contributed by atoms with Gasteiger partial charge in [0.1, 0.15) is 5.82 Å². The number of hydrogen-bond acceptors (Lipinski definition) is 4. The van der Waals surface area contributed by atoms with E-state index in [9.17, 15) is 19.1 Å². The number of pyridine rings is 2. The van der Waals surface area contributed by atoms with Gasteiger partial charge in [-0.1, -0.05) is 12.1 Å². The molecule has 0 unspecified atom stereocenters. The largest absolute Gasteiger partial charge is 0.478 e. The molecule has 1 aromatic carbocycles. The highest BCUT2D eigenvalue weighted by molar-refractivity contribution is 5.91. The molecule has 0 aliphatic carbocycles. The van der Waals surface area contributed by atoms with Crippen molar-refractivity contribution in [3.63, 3.8) is 0 Å². The lowest BCUT2D eigenvalue weighted by Gasteiger charge is -2.03. The van der Waals surface area contributed by atoms with Gasteiger partial charge >= 0.3 is 11.7 Å². The highest BCUT2D eigenvalue weighted by atomic mass is 19.1. The average molecular weight is 378 g/mol. The zero-order valence-corrected chi connectivity index (χ0v) is 14.6. The molecular weight excluding hydrogens is 363 g/mol. The van der Waals surface area contributed by atoms with Crippen LogP contribution in [0.3, 0.4) is 0 Å². The lowest BCUT2D eigenvalue weighted by Crippen LogP contribution is -2.25. The Morgan fingerprint density at radius 3 is 2.32 bits per heavy atom. The number of hydrogen-bond donors (Lipinski definition) is 1. The van der Waals surface area contributed by atoms with Gasteiger partial charge < -0.3 is 5.11 Å². The third-order valence-corrected chi connectivity index (χ3v) is 4.45. The number of fused-ring (bicyclic) bond motifs is 1. The molecule has 0 aliphatic rings. The molecule has 4 aromatic rings. The number of rotatable bonds is 5. The van der Waals surface area contributed by atoms with Crippen LogP contribution in [-0.4, -0.2) is 30.2 Å². The third-order valence-electron chi connectivity index (χ3n) is 4.45. The first-order valence-electron chi connectivity index (χ1n) is 8.48. The van der Waals surface area contributed by atoms with Crippen molar-refractivity contribution in [2.45, 2.75) is 13.1 Å². The lowest BCUT2D eigenvalue weighted by molar-refractivity contribution is 0.0696. The van der Waals surface area contributed by atoms with Gasteiger partial charge in [0.05, 0.1) is 24.2 Å². The summed E-state index contributed by atoms with van der Waals surface area (Å²) in [6.07, 6.45) is 4.47. The van der Waals surface area contributed by atoms with Crippen LogP contribution in [0.4, 0.5) is 4.39 Å². The van der Waals surface area contributed by atoms with E-state index in [0.717, 1.165) is 11.1 Å². The van der Waals surface area contributed by atoms with Crippen LogP contribution in [0.1, 0.15) is 21.5 Å². The van der Waals surface area contributed by atoms with Crippen LogP contribution < -0.4 is 5.69 Å². The molecule has 0 radical (unpaired) electrons. The summed E-state index contributed by atoms with van der Waals surface area (Å²) in [5.74, 6) is -1.48. The molecular formula is C20H15FN4O3. The van der Waals surface area contributed by atoms with E-state index in [-0.39, 0.29) is 30.2 Å². The van der Waals surface area contributed by atoms with Crippen LogP contribution in [0.5, 0.6) is 0 Å². The smallest absolute Gasteiger partial charge is 0.337 e. The Kier molecular flexibility index (Phi) is 4.44. The van der Waals surface area contributed by atoms with E-state index in [1.54, 1.807) is 36.7 Å². The molecule has 0 spiro atoms. The fourth-order valence-electron chi connectivity index (χ4n) is 3.05. The summed E-state index contributed by atoms with van der Waals surface area (Å²) in [6, 6.07) is 10.8. The number of nitrogens with zero attached hydrogens (tertiary/aromatic N) is 4. The average Bonchev–Trinajstić information content (AvgIpc) is 2.95. The number of aromatic carboxylic acids is 1. The van der Waals surface area contributed by atoms with E-state index in [1.807, 2.05) is 0 Å². The number of carboxylic acid groups (broad SMARTS) is 1. The molecule has 140 valence electrons. The Morgan fingerprint density at radius 1 is 1.00 bits per heavy atom. The first kappa shape index (κ1) is 17.6. The van der Waals surface area contributed by atoms with E-state index in [1.165, 1.54) is 33.5 Å². The maximum absolute atomic E-state index is 13.2. The first-order valence-corrected chi connectivity index (χ1v) is 8.48. The van der Waals surface area contributed by atoms with E-state index in [4.69, 9.17) is 0 Å². The van der Waals surface area contributed by atoms with Gasteiger partial charge in [-0.25, -0.2) is 19.0 Å². The Labute approximate surface area is 158 Å². The number of carbonyl (C=O) groups is 1. The number of halogens is 1. The van der Waals surface area contributed by atoms with Crippen LogP contribution in [0.25, 0.3) is 11.2 Å². The maximum Gasteiger partial charge on any atom is 0.337 e. The van der Waals surface area contributed by atoms with Crippen LogP contribution in [-0.2, 0) is 13.1 Å². The maximum atomic E-state index is 13.2. The molecule has 0 atom stereocenters. The zero-order valence-electron chi connectivity index (χ0n) is 14.6. The normalized spacial score (nSPS) is 11.0. The molecule has 0 bridgehead atoms. The molecule has 8 heteroatoms. The highest BCUT2D eigenvalue weighted by Crippen LogP contribution is 2.16. The number of carboxylic acids is 1. The fraction of sp³-hybridized carbons (Fsp3) is 0.100. The minimum absolute atomic E-state index is 0.00471. The van der Waals surface area contributed by atoms with Gasteiger partial charge in [0.25, 0.3) is 0 Å². The van der Waals surface area contributed by atoms with E-state index < -0.39 is 5.97 Å². The Balaban J connectivity index is 1.87. The minimum atomic E-state index is -1.12. The van der Waals surface area contributed by atoms with Gasteiger partial charge in [-0.05, 0) is 41.5 Å². The van der Waals surface area contributed by atoms with Gasteiger partial charge in [-0.2, -0.15) is 0 Å². The molecule has 0 saturated heterocycles.